The molecule has 4 nitrogen and oxygen atoms in total. The molecule has 0 unspecified atom stereocenters. The smallest absolute Gasteiger partial charge is 0.328 e. The zero-order valence-corrected chi connectivity index (χ0v) is 14.1. The zero-order chi connectivity index (χ0) is 18.9. The van der Waals surface area contributed by atoms with E-state index in [9.17, 15) is 22.8 Å². The van der Waals surface area contributed by atoms with Crippen molar-refractivity contribution in [1.29, 1.82) is 0 Å². The van der Waals surface area contributed by atoms with Crippen molar-refractivity contribution in [2.45, 2.75) is 19.6 Å². The number of benzene rings is 2. The van der Waals surface area contributed by atoms with Gasteiger partial charge in [-0.25, -0.2) is 0 Å². The molecule has 2 aromatic carbocycles. The van der Waals surface area contributed by atoms with Gasteiger partial charge in [0, 0.05) is 25.3 Å². The summed E-state index contributed by atoms with van der Waals surface area (Å²) in [5, 5.41) is 0. The standard InChI is InChI=1S/C19H17F3N2O2/c1-13-5-2-3-8-16(13)24-10-9-23(17(25)18(24)26)12-14-6-4-7-15(11-14)19(20,21)22/h2-8,11H,9-10,12H2,1H3. The largest absolute Gasteiger partial charge is 0.416 e. The topological polar surface area (TPSA) is 40.6 Å². The number of aryl methyl sites for hydroxylation is 1. The van der Waals surface area contributed by atoms with Gasteiger partial charge in [0.05, 0.1) is 5.56 Å². The fourth-order valence-corrected chi connectivity index (χ4v) is 2.99. The van der Waals surface area contributed by atoms with Crippen LogP contribution in [-0.4, -0.2) is 29.8 Å². The average Bonchev–Trinajstić information content (AvgIpc) is 2.60. The summed E-state index contributed by atoms with van der Waals surface area (Å²) in [5.41, 5.74) is 1.11. The summed E-state index contributed by atoms with van der Waals surface area (Å²) < 4.78 is 38.5. The van der Waals surface area contributed by atoms with E-state index in [-0.39, 0.29) is 13.1 Å². The number of alkyl halides is 3. The number of halogens is 3. The van der Waals surface area contributed by atoms with Gasteiger partial charge in [0.25, 0.3) is 0 Å². The third kappa shape index (κ3) is 3.56. The number of rotatable bonds is 3. The zero-order valence-electron chi connectivity index (χ0n) is 14.1. The van der Waals surface area contributed by atoms with Crippen molar-refractivity contribution in [2.75, 3.05) is 18.0 Å². The molecule has 0 spiro atoms. The predicted octanol–water partition coefficient (Wildman–Crippen LogP) is 3.39. The van der Waals surface area contributed by atoms with E-state index in [0.717, 1.165) is 17.7 Å². The number of anilines is 1. The lowest BCUT2D eigenvalue weighted by Crippen LogP contribution is -2.54. The van der Waals surface area contributed by atoms with E-state index in [1.54, 1.807) is 12.1 Å². The molecule has 0 N–H and O–H groups in total. The van der Waals surface area contributed by atoms with Crippen molar-refractivity contribution in [3.8, 4) is 0 Å². The molecule has 136 valence electrons. The average molecular weight is 362 g/mol. The Kier molecular flexibility index (Phi) is 4.71. The third-order valence-corrected chi connectivity index (χ3v) is 4.34. The van der Waals surface area contributed by atoms with Crippen molar-refractivity contribution in [3.05, 3.63) is 65.2 Å². The summed E-state index contributed by atoms with van der Waals surface area (Å²) in [6.07, 6.45) is -4.45. The van der Waals surface area contributed by atoms with Crippen LogP contribution in [-0.2, 0) is 22.3 Å². The van der Waals surface area contributed by atoms with E-state index in [1.165, 1.54) is 21.9 Å². The van der Waals surface area contributed by atoms with Crippen LogP contribution in [0.5, 0.6) is 0 Å². The number of para-hydroxylation sites is 1. The maximum absolute atomic E-state index is 12.8. The first-order chi connectivity index (χ1) is 12.3. The Morgan fingerprint density at radius 3 is 2.38 bits per heavy atom. The molecule has 1 heterocycles. The lowest BCUT2D eigenvalue weighted by molar-refractivity contribution is -0.146. The molecule has 0 saturated carbocycles. The van der Waals surface area contributed by atoms with Gasteiger partial charge in [-0.1, -0.05) is 30.3 Å². The highest BCUT2D eigenvalue weighted by molar-refractivity contribution is 6.41. The number of carbonyl (C=O) groups excluding carboxylic acids is 2. The molecular formula is C19H17F3N2O2. The quantitative estimate of drug-likeness (QED) is 0.786. The number of hydrogen-bond acceptors (Lipinski definition) is 2. The molecule has 0 bridgehead atoms. The van der Waals surface area contributed by atoms with Crippen LogP contribution in [0.25, 0.3) is 0 Å². The number of nitrogens with zero attached hydrogens (tertiary/aromatic N) is 2. The van der Waals surface area contributed by atoms with Gasteiger partial charge in [-0.2, -0.15) is 13.2 Å². The Hall–Kier alpha value is -2.83. The molecule has 1 saturated heterocycles. The van der Waals surface area contributed by atoms with Gasteiger partial charge >= 0.3 is 18.0 Å². The second-order valence-corrected chi connectivity index (χ2v) is 6.17. The summed E-state index contributed by atoms with van der Waals surface area (Å²) in [6, 6.07) is 12.0. The molecule has 2 amide bonds. The van der Waals surface area contributed by atoms with E-state index in [1.807, 2.05) is 19.1 Å². The molecule has 1 aliphatic rings. The van der Waals surface area contributed by atoms with E-state index >= 15 is 0 Å². The number of carbonyl (C=O) groups is 2. The minimum atomic E-state index is -4.45. The number of amides is 2. The lowest BCUT2D eigenvalue weighted by Gasteiger charge is -2.34. The first-order valence-electron chi connectivity index (χ1n) is 8.10. The molecule has 0 atom stereocenters. The van der Waals surface area contributed by atoms with Crippen LogP contribution < -0.4 is 4.90 Å². The summed E-state index contributed by atoms with van der Waals surface area (Å²) in [7, 11) is 0. The van der Waals surface area contributed by atoms with Crippen molar-refractivity contribution in [2.24, 2.45) is 0 Å². The van der Waals surface area contributed by atoms with Crippen LogP contribution >= 0.6 is 0 Å². The van der Waals surface area contributed by atoms with E-state index in [4.69, 9.17) is 0 Å². The molecular weight excluding hydrogens is 345 g/mol. The number of piperazine rings is 1. The SMILES string of the molecule is Cc1ccccc1N1CCN(Cc2cccc(C(F)(F)F)c2)C(=O)C1=O. The highest BCUT2D eigenvalue weighted by atomic mass is 19.4. The van der Waals surface area contributed by atoms with Gasteiger partial charge in [-0.15, -0.1) is 0 Å². The first kappa shape index (κ1) is 18.0. The van der Waals surface area contributed by atoms with Crippen LogP contribution in [0.1, 0.15) is 16.7 Å². The Balaban J connectivity index is 1.76. The molecule has 2 aromatic rings. The monoisotopic (exact) mass is 362 g/mol. The second kappa shape index (κ2) is 6.82. The van der Waals surface area contributed by atoms with Gasteiger partial charge in [-0.05, 0) is 36.2 Å². The van der Waals surface area contributed by atoms with E-state index in [0.29, 0.717) is 17.8 Å². The summed E-state index contributed by atoms with van der Waals surface area (Å²) in [5.74, 6) is -1.38. The summed E-state index contributed by atoms with van der Waals surface area (Å²) >= 11 is 0. The fraction of sp³-hybridized carbons (Fsp3) is 0.263. The van der Waals surface area contributed by atoms with Crippen molar-refractivity contribution in [3.63, 3.8) is 0 Å². The predicted molar refractivity (Wildman–Crippen MR) is 90.4 cm³/mol. The second-order valence-electron chi connectivity index (χ2n) is 6.17. The normalized spacial score (nSPS) is 15.5. The highest BCUT2D eigenvalue weighted by Crippen LogP contribution is 2.30. The van der Waals surface area contributed by atoms with Crippen LogP contribution in [0, 0.1) is 6.92 Å². The molecule has 1 aliphatic heterocycles. The van der Waals surface area contributed by atoms with Gasteiger partial charge in [0.15, 0.2) is 0 Å². The first-order valence-corrected chi connectivity index (χ1v) is 8.10. The minimum absolute atomic E-state index is 0.0316. The van der Waals surface area contributed by atoms with Gasteiger partial charge in [0.1, 0.15) is 0 Å². The van der Waals surface area contributed by atoms with E-state index < -0.39 is 23.6 Å². The Bertz CT molecular complexity index is 849. The highest BCUT2D eigenvalue weighted by Gasteiger charge is 2.34. The van der Waals surface area contributed by atoms with Gasteiger partial charge in [-0.3, -0.25) is 9.59 Å². The maximum Gasteiger partial charge on any atom is 0.416 e. The molecule has 7 heteroatoms. The molecule has 0 aliphatic carbocycles. The van der Waals surface area contributed by atoms with Crippen molar-refractivity contribution < 1.29 is 22.8 Å². The van der Waals surface area contributed by atoms with Gasteiger partial charge < -0.3 is 9.80 Å². The molecule has 26 heavy (non-hydrogen) atoms. The Morgan fingerprint density at radius 1 is 0.962 bits per heavy atom. The Morgan fingerprint density at radius 2 is 1.69 bits per heavy atom. The minimum Gasteiger partial charge on any atom is -0.328 e. The molecule has 1 fully saturated rings. The maximum atomic E-state index is 12.8. The molecule has 3 rings (SSSR count). The van der Waals surface area contributed by atoms with Crippen molar-refractivity contribution in [1.82, 2.24) is 4.90 Å². The van der Waals surface area contributed by atoms with Crippen molar-refractivity contribution >= 4 is 17.5 Å². The van der Waals surface area contributed by atoms with Crippen LogP contribution in [0.15, 0.2) is 48.5 Å². The number of hydrogen-bond donors (Lipinski definition) is 0. The Labute approximate surface area is 148 Å². The van der Waals surface area contributed by atoms with Crippen LogP contribution in [0.3, 0.4) is 0 Å². The lowest BCUT2D eigenvalue weighted by atomic mass is 10.1. The van der Waals surface area contributed by atoms with E-state index in [2.05, 4.69) is 0 Å². The van der Waals surface area contributed by atoms with Crippen LogP contribution in [0.4, 0.5) is 18.9 Å². The fourth-order valence-electron chi connectivity index (χ4n) is 2.99. The summed E-state index contributed by atoms with van der Waals surface area (Å²) in [6.45, 7) is 2.38. The van der Waals surface area contributed by atoms with Crippen LogP contribution in [0.2, 0.25) is 0 Å². The molecule has 0 radical (unpaired) electrons. The molecule has 0 aromatic heterocycles. The van der Waals surface area contributed by atoms with Gasteiger partial charge in [0.2, 0.25) is 0 Å². The third-order valence-electron chi connectivity index (χ3n) is 4.34. The summed E-state index contributed by atoms with van der Waals surface area (Å²) in [4.78, 5) is 27.6.